The lowest BCUT2D eigenvalue weighted by Gasteiger charge is -2.22. The minimum Gasteiger partial charge on any atom is -0.481 e. The van der Waals surface area contributed by atoms with Gasteiger partial charge in [0, 0.05) is 12.5 Å². The fourth-order valence-corrected chi connectivity index (χ4v) is 2.76. The highest BCUT2D eigenvalue weighted by molar-refractivity contribution is 5.94. The Hall–Kier alpha value is -1.98. The maximum Gasteiger partial charge on any atom is 0.310 e. The van der Waals surface area contributed by atoms with Crippen LogP contribution >= 0.6 is 0 Å². The SMILES string of the molecule is Cc1cc(F)c(NC(=O)CC2(C(=O)O)CCCC2)cc1F. The number of anilines is 1. The Morgan fingerprint density at radius 3 is 2.43 bits per heavy atom. The summed E-state index contributed by atoms with van der Waals surface area (Å²) in [5.74, 6) is -2.98. The first-order valence-electron chi connectivity index (χ1n) is 6.83. The smallest absolute Gasteiger partial charge is 0.310 e. The third-order valence-corrected chi connectivity index (χ3v) is 4.04. The first-order valence-corrected chi connectivity index (χ1v) is 6.83. The molecule has 114 valence electrons. The average molecular weight is 297 g/mol. The van der Waals surface area contributed by atoms with E-state index in [1.54, 1.807) is 0 Å². The second kappa shape index (κ2) is 5.79. The molecule has 1 aliphatic rings. The normalized spacial score (nSPS) is 16.7. The van der Waals surface area contributed by atoms with Crippen molar-refractivity contribution in [3.05, 3.63) is 29.3 Å². The van der Waals surface area contributed by atoms with Crippen LogP contribution in [0.1, 0.15) is 37.7 Å². The summed E-state index contributed by atoms with van der Waals surface area (Å²) in [6.07, 6.45) is 2.15. The molecular formula is C15H17F2NO3. The van der Waals surface area contributed by atoms with Crippen molar-refractivity contribution in [3.8, 4) is 0 Å². The highest BCUT2D eigenvalue weighted by atomic mass is 19.1. The van der Waals surface area contributed by atoms with Crippen LogP contribution in [0.5, 0.6) is 0 Å². The van der Waals surface area contributed by atoms with E-state index >= 15 is 0 Å². The highest BCUT2D eigenvalue weighted by Gasteiger charge is 2.43. The fraction of sp³-hybridized carbons (Fsp3) is 0.467. The van der Waals surface area contributed by atoms with Crippen LogP contribution in [0.2, 0.25) is 0 Å². The van der Waals surface area contributed by atoms with E-state index in [0.29, 0.717) is 12.8 Å². The number of carbonyl (C=O) groups excluding carboxylic acids is 1. The summed E-state index contributed by atoms with van der Waals surface area (Å²) in [7, 11) is 0. The maximum absolute atomic E-state index is 13.7. The molecule has 6 heteroatoms. The van der Waals surface area contributed by atoms with Crippen molar-refractivity contribution in [1.82, 2.24) is 0 Å². The quantitative estimate of drug-likeness (QED) is 0.896. The zero-order valence-corrected chi connectivity index (χ0v) is 11.7. The monoisotopic (exact) mass is 297 g/mol. The second-order valence-corrected chi connectivity index (χ2v) is 5.60. The van der Waals surface area contributed by atoms with E-state index in [4.69, 9.17) is 0 Å². The number of hydrogen-bond donors (Lipinski definition) is 2. The summed E-state index contributed by atoms with van der Waals surface area (Å²) in [6, 6.07) is 1.90. The molecule has 0 aromatic heterocycles. The molecule has 0 atom stereocenters. The van der Waals surface area contributed by atoms with Gasteiger partial charge in [0.05, 0.1) is 11.1 Å². The van der Waals surface area contributed by atoms with Crippen molar-refractivity contribution in [2.45, 2.75) is 39.0 Å². The number of aliphatic carboxylic acids is 1. The lowest BCUT2D eigenvalue weighted by molar-refractivity contribution is -0.150. The predicted molar refractivity (Wildman–Crippen MR) is 72.9 cm³/mol. The van der Waals surface area contributed by atoms with Crippen molar-refractivity contribution in [2.75, 3.05) is 5.32 Å². The Morgan fingerprint density at radius 2 is 1.86 bits per heavy atom. The second-order valence-electron chi connectivity index (χ2n) is 5.60. The number of rotatable bonds is 4. The molecule has 21 heavy (non-hydrogen) atoms. The van der Waals surface area contributed by atoms with Crippen LogP contribution in [-0.2, 0) is 9.59 Å². The van der Waals surface area contributed by atoms with E-state index in [2.05, 4.69) is 5.32 Å². The molecule has 2 rings (SSSR count). The molecule has 0 bridgehead atoms. The van der Waals surface area contributed by atoms with E-state index in [9.17, 15) is 23.5 Å². The minimum atomic E-state index is -1.08. The van der Waals surface area contributed by atoms with Crippen molar-refractivity contribution < 1.29 is 23.5 Å². The van der Waals surface area contributed by atoms with Gasteiger partial charge >= 0.3 is 5.97 Å². The summed E-state index contributed by atoms with van der Waals surface area (Å²) in [5, 5.41) is 11.6. The van der Waals surface area contributed by atoms with Crippen LogP contribution in [0.4, 0.5) is 14.5 Å². The van der Waals surface area contributed by atoms with Crippen LogP contribution in [0.25, 0.3) is 0 Å². The molecule has 1 aromatic rings. The van der Waals surface area contributed by atoms with Crippen LogP contribution in [0.15, 0.2) is 12.1 Å². The zero-order chi connectivity index (χ0) is 15.6. The number of hydrogen-bond acceptors (Lipinski definition) is 2. The van der Waals surface area contributed by atoms with Gasteiger partial charge in [0.2, 0.25) is 5.91 Å². The Labute approximate surface area is 121 Å². The molecular weight excluding hydrogens is 280 g/mol. The highest BCUT2D eigenvalue weighted by Crippen LogP contribution is 2.41. The maximum atomic E-state index is 13.7. The average Bonchev–Trinajstić information content (AvgIpc) is 2.85. The van der Waals surface area contributed by atoms with Gasteiger partial charge < -0.3 is 10.4 Å². The Kier molecular flexibility index (Phi) is 4.25. The van der Waals surface area contributed by atoms with Crippen molar-refractivity contribution in [1.29, 1.82) is 0 Å². The van der Waals surface area contributed by atoms with Crippen molar-refractivity contribution >= 4 is 17.6 Å². The Balaban J connectivity index is 2.12. The minimum absolute atomic E-state index is 0.142. The molecule has 0 aliphatic heterocycles. The molecule has 1 aliphatic carbocycles. The Bertz CT molecular complexity index is 581. The Morgan fingerprint density at radius 1 is 1.24 bits per heavy atom. The molecule has 1 saturated carbocycles. The van der Waals surface area contributed by atoms with Gasteiger partial charge in [-0.1, -0.05) is 12.8 Å². The standard InChI is InChI=1S/C15H17F2NO3/c1-9-6-11(17)12(7-10(9)16)18-13(19)8-15(14(20)21)4-2-3-5-15/h6-7H,2-5,8H2,1H3,(H,18,19)(H,20,21). The van der Waals surface area contributed by atoms with Crippen LogP contribution < -0.4 is 5.32 Å². The van der Waals surface area contributed by atoms with Gasteiger partial charge in [-0.3, -0.25) is 9.59 Å². The van der Waals surface area contributed by atoms with Gasteiger partial charge in [0.1, 0.15) is 11.6 Å². The van der Waals surface area contributed by atoms with Gasteiger partial charge in [-0.2, -0.15) is 0 Å². The summed E-state index contributed by atoms with van der Waals surface area (Å²) in [6.45, 7) is 1.42. The topological polar surface area (TPSA) is 66.4 Å². The van der Waals surface area contributed by atoms with Crippen molar-refractivity contribution in [2.24, 2.45) is 5.41 Å². The first-order chi connectivity index (χ1) is 9.84. The lowest BCUT2D eigenvalue weighted by atomic mass is 9.82. The summed E-state index contributed by atoms with van der Waals surface area (Å²) in [4.78, 5) is 23.3. The molecule has 0 spiro atoms. The van der Waals surface area contributed by atoms with Crippen LogP contribution in [-0.4, -0.2) is 17.0 Å². The number of amides is 1. The summed E-state index contributed by atoms with van der Waals surface area (Å²) < 4.78 is 27.1. The van der Waals surface area contributed by atoms with Crippen molar-refractivity contribution in [3.63, 3.8) is 0 Å². The van der Waals surface area contributed by atoms with E-state index in [1.807, 2.05) is 0 Å². The molecule has 4 nitrogen and oxygen atoms in total. The largest absolute Gasteiger partial charge is 0.481 e. The van der Waals surface area contributed by atoms with Gasteiger partial charge in [0.25, 0.3) is 0 Å². The number of carboxylic acid groups (broad SMARTS) is 1. The van der Waals surface area contributed by atoms with Gasteiger partial charge in [-0.25, -0.2) is 8.78 Å². The number of carboxylic acids is 1. The number of aryl methyl sites for hydroxylation is 1. The molecule has 0 unspecified atom stereocenters. The number of nitrogens with one attached hydrogen (secondary N) is 1. The number of benzene rings is 1. The molecule has 1 amide bonds. The molecule has 0 heterocycles. The fourth-order valence-electron chi connectivity index (χ4n) is 2.76. The molecule has 1 aromatic carbocycles. The summed E-state index contributed by atoms with van der Waals surface area (Å²) >= 11 is 0. The lowest BCUT2D eigenvalue weighted by Crippen LogP contribution is -2.32. The molecule has 2 N–H and O–H groups in total. The third-order valence-electron chi connectivity index (χ3n) is 4.04. The number of carbonyl (C=O) groups is 2. The van der Waals surface area contributed by atoms with Gasteiger partial charge in [-0.05, 0) is 31.4 Å². The molecule has 0 radical (unpaired) electrons. The molecule has 1 fully saturated rings. The van der Waals surface area contributed by atoms with Gasteiger partial charge in [-0.15, -0.1) is 0 Å². The number of halogens is 2. The first kappa shape index (κ1) is 15.4. The summed E-state index contributed by atoms with van der Waals surface area (Å²) in [5.41, 5.74) is -1.20. The van der Waals surface area contributed by atoms with E-state index in [-0.39, 0.29) is 17.7 Å². The van der Waals surface area contributed by atoms with Gasteiger partial charge in [0.15, 0.2) is 0 Å². The van der Waals surface area contributed by atoms with E-state index < -0.39 is 28.9 Å². The van der Waals surface area contributed by atoms with E-state index in [1.165, 1.54) is 6.92 Å². The predicted octanol–water partition coefficient (Wildman–Crippen LogP) is 3.25. The van der Waals surface area contributed by atoms with Crippen LogP contribution in [0, 0.1) is 24.0 Å². The van der Waals surface area contributed by atoms with Crippen LogP contribution in [0.3, 0.4) is 0 Å². The zero-order valence-electron chi connectivity index (χ0n) is 11.7. The third kappa shape index (κ3) is 3.20. The molecule has 0 saturated heterocycles. The van der Waals surface area contributed by atoms with E-state index in [0.717, 1.165) is 25.0 Å².